The Morgan fingerprint density at radius 2 is 2.12 bits per heavy atom. The van der Waals surface area contributed by atoms with Crippen molar-refractivity contribution < 1.29 is 0 Å². The summed E-state index contributed by atoms with van der Waals surface area (Å²) in [4.78, 5) is 1.40. The van der Waals surface area contributed by atoms with Crippen LogP contribution in [-0.4, -0.2) is 11.8 Å². The van der Waals surface area contributed by atoms with Gasteiger partial charge in [-0.1, -0.05) is 27.2 Å². The molecule has 17 heavy (non-hydrogen) atoms. The Labute approximate surface area is 122 Å². The van der Waals surface area contributed by atoms with Crippen LogP contribution in [0.4, 0.5) is 0 Å². The lowest BCUT2D eigenvalue weighted by atomic mass is 10.1. The summed E-state index contributed by atoms with van der Waals surface area (Å²) in [5.74, 6) is 1.97. The summed E-state index contributed by atoms with van der Waals surface area (Å²) in [5, 5.41) is 2.60. The van der Waals surface area contributed by atoms with Crippen LogP contribution in [0.2, 0.25) is 0 Å². The normalized spacial score (nSPS) is 16.8. The van der Waals surface area contributed by atoms with E-state index in [1.165, 1.54) is 21.5 Å². The second-order valence-corrected chi connectivity index (χ2v) is 7.54. The zero-order valence-corrected chi connectivity index (χ0v) is 14.0. The number of nitrogens with two attached hydrogens (primary N) is 1. The van der Waals surface area contributed by atoms with Crippen LogP contribution in [0.15, 0.2) is 15.9 Å². The SMILES string of the molecule is CCC(C)CSC(c1cc(Br)cs1)C(N)CC. The van der Waals surface area contributed by atoms with Gasteiger partial charge in [0, 0.05) is 20.8 Å². The van der Waals surface area contributed by atoms with Crippen molar-refractivity contribution in [1.29, 1.82) is 0 Å². The molecule has 3 unspecified atom stereocenters. The molecule has 4 heteroatoms. The molecule has 1 nitrogen and oxygen atoms in total. The summed E-state index contributed by atoms with van der Waals surface area (Å²) < 4.78 is 1.18. The molecule has 0 aliphatic heterocycles. The monoisotopic (exact) mass is 335 g/mol. The zero-order chi connectivity index (χ0) is 12.8. The number of hydrogen-bond donors (Lipinski definition) is 1. The highest BCUT2D eigenvalue weighted by Crippen LogP contribution is 2.38. The Kier molecular flexibility index (Phi) is 7.15. The molecule has 0 spiro atoms. The lowest BCUT2D eigenvalue weighted by Gasteiger charge is -2.22. The first-order valence-electron chi connectivity index (χ1n) is 6.19. The number of rotatable bonds is 7. The Balaban J connectivity index is 2.67. The van der Waals surface area contributed by atoms with Gasteiger partial charge in [-0.25, -0.2) is 0 Å². The molecule has 1 aromatic heterocycles. The van der Waals surface area contributed by atoms with Gasteiger partial charge in [-0.05, 0) is 40.1 Å². The van der Waals surface area contributed by atoms with Crippen molar-refractivity contribution >= 4 is 39.0 Å². The zero-order valence-electron chi connectivity index (χ0n) is 10.8. The Bertz CT molecular complexity index is 327. The van der Waals surface area contributed by atoms with Gasteiger partial charge in [-0.3, -0.25) is 0 Å². The number of thiophene rings is 1. The van der Waals surface area contributed by atoms with E-state index in [2.05, 4.69) is 48.1 Å². The van der Waals surface area contributed by atoms with E-state index in [4.69, 9.17) is 5.73 Å². The molecular formula is C13H22BrNS2. The van der Waals surface area contributed by atoms with Crippen molar-refractivity contribution in [1.82, 2.24) is 0 Å². The van der Waals surface area contributed by atoms with Gasteiger partial charge >= 0.3 is 0 Å². The maximum absolute atomic E-state index is 6.26. The Hall–Kier alpha value is 0.490. The van der Waals surface area contributed by atoms with Gasteiger partial charge in [0.1, 0.15) is 0 Å². The van der Waals surface area contributed by atoms with Crippen LogP contribution in [0.25, 0.3) is 0 Å². The van der Waals surface area contributed by atoms with Gasteiger partial charge in [0.25, 0.3) is 0 Å². The molecule has 0 aliphatic carbocycles. The van der Waals surface area contributed by atoms with Crippen molar-refractivity contribution in [2.75, 3.05) is 5.75 Å². The highest BCUT2D eigenvalue weighted by atomic mass is 79.9. The summed E-state index contributed by atoms with van der Waals surface area (Å²) in [5.41, 5.74) is 6.26. The average Bonchev–Trinajstić information content (AvgIpc) is 2.75. The first-order valence-corrected chi connectivity index (χ1v) is 8.91. The first kappa shape index (κ1) is 15.5. The molecule has 3 atom stereocenters. The molecule has 1 aromatic rings. The van der Waals surface area contributed by atoms with E-state index in [0.717, 1.165) is 12.3 Å². The Morgan fingerprint density at radius 3 is 2.59 bits per heavy atom. The summed E-state index contributed by atoms with van der Waals surface area (Å²) in [6.07, 6.45) is 2.28. The van der Waals surface area contributed by atoms with Crippen LogP contribution in [0, 0.1) is 5.92 Å². The van der Waals surface area contributed by atoms with Gasteiger partial charge in [0.05, 0.1) is 5.25 Å². The molecule has 1 rings (SSSR count). The van der Waals surface area contributed by atoms with E-state index in [9.17, 15) is 0 Å². The smallest absolute Gasteiger partial charge is 0.0542 e. The van der Waals surface area contributed by atoms with Gasteiger partial charge in [0.2, 0.25) is 0 Å². The van der Waals surface area contributed by atoms with E-state index in [0.29, 0.717) is 5.25 Å². The Morgan fingerprint density at radius 1 is 1.41 bits per heavy atom. The molecule has 2 N–H and O–H groups in total. The molecule has 0 saturated heterocycles. The van der Waals surface area contributed by atoms with E-state index < -0.39 is 0 Å². The molecule has 0 aromatic carbocycles. The molecule has 0 aliphatic rings. The van der Waals surface area contributed by atoms with Crippen LogP contribution in [0.3, 0.4) is 0 Å². The fourth-order valence-electron chi connectivity index (χ4n) is 1.49. The van der Waals surface area contributed by atoms with Gasteiger partial charge < -0.3 is 5.73 Å². The summed E-state index contributed by atoms with van der Waals surface area (Å²) >= 11 is 7.36. The van der Waals surface area contributed by atoms with Crippen molar-refractivity contribution in [2.45, 2.75) is 44.9 Å². The molecule has 1 heterocycles. The number of thioether (sulfide) groups is 1. The highest BCUT2D eigenvalue weighted by Gasteiger charge is 2.21. The summed E-state index contributed by atoms with van der Waals surface area (Å²) in [6.45, 7) is 6.73. The minimum Gasteiger partial charge on any atom is -0.326 e. The van der Waals surface area contributed by atoms with Crippen molar-refractivity contribution in [3.63, 3.8) is 0 Å². The molecule has 98 valence electrons. The van der Waals surface area contributed by atoms with Crippen molar-refractivity contribution in [2.24, 2.45) is 11.7 Å². The largest absolute Gasteiger partial charge is 0.326 e. The maximum Gasteiger partial charge on any atom is 0.0542 e. The highest BCUT2D eigenvalue weighted by molar-refractivity contribution is 9.10. The summed E-state index contributed by atoms with van der Waals surface area (Å²) in [7, 11) is 0. The molecule has 0 saturated carbocycles. The van der Waals surface area contributed by atoms with Crippen LogP contribution in [0.1, 0.15) is 43.7 Å². The van der Waals surface area contributed by atoms with E-state index in [1.54, 1.807) is 0 Å². The first-order chi connectivity index (χ1) is 8.08. The predicted molar refractivity (Wildman–Crippen MR) is 84.9 cm³/mol. The van der Waals surface area contributed by atoms with Gasteiger partial charge in [-0.2, -0.15) is 11.8 Å². The maximum atomic E-state index is 6.26. The third kappa shape index (κ3) is 4.93. The lowest BCUT2D eigenvalue weighted by molar-refractivity contribution is 0.618. The standard InChI is InChI=1S/C13H22BrNS2/c1-4-9(3)7-17-13(11(15)5-2)12-6-10(14)8-16-12/h6,8-9,11,13H,4-5,7,15H2,1-3H3. The quantitative estimate of drug-likeness (QED) is 0.752. The molecular weight excluding hydrogens is 314 g/mol. The molecule has 0 bridgehead atoms. The van der Waals surface area contributed by atoms with Crippen molar-refractivity contribution in [3.8, 4) is 0 Å². The van der Waals surface area contributed by atoms with Crippen LogP contribution in [-0.2, 0) is 0 Å². The number of halogens is 1. The fraction of sp³-hybridized carbons (Fsp3) is 0.692. The van der Waals surface area contributed by atoms with Crippen molar-refractivity contribution in [3.05, 3.63) is 20.8 Å². The van der Waals surface area contributed by atoms with Crippen LogP contribution < -0.4 is 5.73 Å². The summed E-state index contributed by atoms with van der Waals surface area (Å²) in [6, 6.07) is 2.48. The predicted octanol–water partition coefficient (Wildman–Crippen LogP) is 5.07. The van der Waals surface area contributed by atoms with Crippen LogP contribution in [0.5, 0.6) is 0 Å². The van der Waals surface area contributed by atoms with E-state index in [1.807, 2.05) is 23.1 Å². The second kappa shape index (κ2) is 7.82. The van der Waals surface area contributed by atoms with E-state index in [-0.39, 0.29) is 6.04 Å². The third-order valence-corrected chi connectivity index (χ3v) is 6.64. The molecule has 0 radical (unpaired) electrons. The van der Waals surface area contributed by atoms with Gasteiger partial charge in [-0.15, -0.1) is 11.3 Å². The van der Waals surface area contributed by atoms with Gasteiger partial charge in [0.15, 0.2) is 0 Å². The molecule has 0 amide bonds. The second-order valence-electron chi connectivity index (χ2n) is 4.51. The van der Waals surface area contributed by atoms with E-state index >= 15 is 0 Å². The fourth-order valence-corrected chi connectivity index (χ4v) is 4.81. The lowest BCUT2D eigenvalue weighted by Crippen LogP contribution is -2.25. The minimum absolute atomic E-state index is 0.259. The number of hydrogen-bond acceptors (Lipinski definition) is 3. The topological polar surface area (TPSA) is 26.0 Å². The van der Waals surface area contributed by atoms with Crippen LogP contribution >= 0.6 is 39.0 Å². The molecule has 0 fully saturated rings. The third-order valence-electron chi connectivity index (χ3n) is 2.99. The minimum atomic E-state index is 0.259. The average molecular weight is 336 g/mol.